The lowest BCUT2D eigenvalue weighted by molar-refractivity contribution is -0.137. The minimum absolute atomic E-state index is 0.0209. The number of carbonyl (C=O) groups excluding carboxylic acids is 1. The molecule has 2 rings (SSSR count). The topological polar surface area (TPSA) is 47.6 Å². The van der Waals surface area contributed by atoms with Crippen LogP contribution in [0.25, 0.3) is 0 Å². The molecule has 0 radical (unpaired) electrons. The first-order valence-corrected chi connectivity index (χ1v) is 6.03. The second-order valence-electron chi connectivity index (χ2n) is 4.57. The largest absolute Gasteiger partial charge is 0.495 e. The van der Waals surface area contributed by atoms with E-state index in [1.807, 2.05) is 0 Å². The number of ether oxygens (including phenoxy) is 2. The summed E-state index contributed by atoms with van der Waals surface area (Å²) >= 11 is 0. The molecule has 0 atom stereocenters. The van der Waals surface area contributed by atoms with Gasteiger partial charge in [0.25, 0.3) is 0 Å². The van der Waals surface area contributed by atoms with Crippen molar-refractivity contribution < 1.29 is 27.4 Å². The van der Waals surface area contributed by atoms with E-state index >= 15 is 0 Å². The average molecular weight is 289 g/mol. The van der Waals surface area contributed by atoms with Crippen LogP contribution in [0.1, 0.15) is 12.0 Å². The third kappa shape index (κ3) is 3.41. The molecule has 1 aliphatic rings. The molecule has 20 heavy (non-hydrogen) atoms. The second-order valence-corrected chi connectivity index (χ2v) is 4.57. The molecule has 4 nitrogen and oxygen atoms in total. The molecule has 1 amide bonds. The fourth-order valence-electron chi connectivity index (χ4n) is 1.85. The van der Waals surface area contributed by atoms with E-state index in [-0.39, 0.29) is 29.7 Å². The van der Waals surface area contributed by atoms with Crippen molar-refractivity contribution in [1.29, 1.82) is 0 Å². The van der Waals surface area contributed by atoms with E-state index < -0.39 is 11.7 Å². The molecule has 0 aromatic heterocycles. The molecule has 7 heteroatoms. The Morgan fingerprint density at radius 2 is 2.15 bits per heavy atom. The summed E-state index contributed by atoms with van der Waals surface area (Å²) in [5.74, 6) is -0.0288. The quantitative estimate of drug-likeness (QED) is 0.927. The fraction of sp³-hybridized carbons (Fsp3) is 0.462. The maximum absolute atomic E-state index is 12.6. The van der Waals surface area contributed by atoms with Crippen LogP contribution in [0.3, 0.4) is 0 Å². The van der Waals surface area contributed by atoms with Gasteiger partial charge in [-0.05, 0) is 18.2 Å². The standard InChI is InChI=1S/C13H14F3NO3/c1-19-11-3-2-9(13(14,15)16)5-10(11)17-12(18)4-8-6-20-7-8/h2-3,5,8H,4,6-7H2,1H3,(H,17,18). The number of anilines is 1. The first-order valence-electron chi connectivity index (χ1n) is 6.03. The van der Waals surface area contributed by atoms with Crippen molar-refractivity contribution >= 4 is 11.6 Å². The number of carbonyl (C=O) groups is 1. The Morgan fingerprint density at radius 1 is 1.45 bits per heavy atom. The maximum Gasteiger partial charge on any atom is 0.416 e. The molecule has 0 spiro atoms. The first-order chi connectivity index (χ1) is 9.40. The monoisotopic (exact) mass is 289 g/mol. The van der Waals surface area contributed by atoms with Crippen molar-refractivity contribution in [2.75, 3.05) is 25.6 Å². The number of rotatable bonds is 4. The van der Waals surface area contributed by atoms with Crippen LogP contribution in [-0.2, 0) is 15.7 Å². The Kier molecular flexibility index (Phi) is 4.17. The normalized spacial score (nSPS) is 15.6. The minimum atomic E-state index is -4.46. The number of benzene rings is 1. The highest BCUT2D eigenvalue weighted by Crippen LogP contribution is 2.35. The van der Waals surface area contributed by atoms with Gasteiger partial charge in [0.2, 0.25) is 5.91 Å². The number of hydrogen-bond acceptors (Lipinski definition) is 3. The second kappa shape index (κ2) is 5.70. The molecule has 0 unspecified atom stereocenters. The number of hydrogen-bond donors (Lipinski definition) is 1. The zero-order valence-corrected chi connectivity index (χ0v) is 10.8. The summed E-state index contributed by atoms with van der Waals surface area (Å²) < 4.78 is 47.8. The molecule has 1 saturated heterocycles. The number of nitrogens with one attached hydrogen (secondary N) is 1. The Bertz CT molecular complexity index is 498. The van der Waals surface area contributed by atoms with E-state index in [0.717, 1.165) is 12.1 Å². The Morgan fingerprint density at radius 3 is 2.65 bits per heavy atom. The number of alkyl halides is 3. The van der Waals surface area contributed by atoms with Gasteiger partial charge in [0, 0.05) is 12.3 Å². The van der Waals surface area contributed by atoms with Crippen molar-refractivity contribution in [2.24, 2.45) is 5.92 Å². The van der Waals surface area contributed by atoms with Crippen molar-refractivity contribution in [3.8, 4) is 5.75 Å². The molecule has 1 aliphatic heterocycles. The van der Waals surface area contributed by atoms with Gasteiger partial charge >= 0.3 is 6.18 Å². The predicted octanol–water partition coefficient (Wildman–Crippen LogP) is 2.69. The molecular formula is C13H14F3NO3. The lowest BCUT2D eigenvalue weighted by Gasteiger charge is -2.25. The van der Waals surface area contributed by atoms with Gasteiger partial charge in [0.1, 0.15) is 5.75 Å². The third-order valence-corrected chi connectivity index (χ3v) is 2.98. The molecule has 1 aromatic carbocycles. The molecule has 0 saturated carbocycles. The Labute approximate surface area is 113 Å². The van der Waals surface area contributed by atoms with E-state index in [0.29, 0.717) is 13.2 Å². The molecule has 0 bridgehead atoms. The Balaban J connectivity index is 2.13. The van der Waals surface area contributed by atoms with Crippen LogP contribution in [0.5, 0.6) is 5.75 Å². The number of halogens is 3. The highest BCUT2D eigenvalue weighted by molar-refractivity contribution is 5.92. The van der Waals surface area contributed by atoms with Crippen molar-refractivity contribution in [2.45, 2.75) is 12.6 Å². The van der Waals surface area contributed by atoms with Crippen LogP contribution >= 0.6 is 0 Å². The summed E-state index contributed by atoms with van der Waals surface area (Å²) in [6.07, 6.45) is -4.24. The summed E-state index contributed by atoms with van der Waals surface area (Å²) in [7, 11) is 1.33. The Hall–Kier alpha value is -1.76. The SMILES string of the molecule is COc1ccc(C(F)(F)F)cc1NC(=O)CC1COC1. The lowest BCUT2D eigenvalue weighted by Crippen LogP contribution is -2.31. The molecule has 1 fully saturated rings. The highest BCUT2D eigenvalue weighted by atomic mass is 19.4. The van der Waals surface area contributed by atoms with Gasteiger partial charge in [-0.25, -0.2) is 0 Å². The van der Waals surface area contributed by atoms with Crippen LogP contribution in [0, 0.1) is 5.92 Å². The smallest absolute Gasteiger partial charge is 0.416 e. The molecule has 1 heterocycles. The molecule has 1 aromatic rings. The summed E-state index contributed by atoms with van der Waals surface area (Å²) in [6, 6.07) is 2.97. The van der Waals surface area contributed by atoms with Gasteiger partial charge in [-0.3, -0.25) is 4.79 Å². The molecule has 1 N–H and O–H groups in total. The zero-order chi connectivity index (χ0) is 14.8. The van der Waals surface area contributed by atoms with Gasteiger partial charge in [0.15, 0.2) is 0 Å². The van der Waals surface area contributed by atoms with Crippen LogP contribution in [0.4, 0.5) is 18.9 Å². The molecule has 0 aliphatic carbocycles. The van der Waals surface area contributed by atoms with Gasteiger partial charge in [0.05, 0.1) is 31.6 Å². The van der Waals surface area contributed by atoms with Gasteiger partial charge in [-0.1, -0.05) is 0 Å². The van der Waals surface area contributed by atoms with Crippen LogP contribution in [-0.4, -0.2) is 26.2 Å². The van der Waals surface area contributed by atoms with E-state index in [2.05, 4.69) is 5.32 Å². The van der Waals surface area contributed by atoms with Gasteiger partial charge in [-0.15, -0.1) is 0 Å². The van der Waals surface area contributed by atoms with E-state index in [4.69, 9.17) is 9.47 Å². The summed E-state index contributed by atoms with van der Waals surface area (Å²) in [5, 5.41) is 2.45. The molecular weight excluding hydrogens is 275 g/mol. The van der Waals surface area contributed by atoms with Crippen molar-refractivity contribution in [1.82, 2.24) is 0 Å². The zero-order valence-electron chi connectivity index (χ0n) is 10.8. The van der Waals surface area contributed by atoms with Crippen LogP contribution in [0.15, 0.2) is 18.2 Å². The number of amides is 1. The first kappa shape index (κ1) is 14.6. The predicted molar refractivity (Wildman–Crippen MR) is 65.6 cm³/mol. The van der Waals surface area contributed by atoms with Crippen molar-refractivity contribution in [3.63, 3.8) is 0 Å². The highest BCUT2D eigenvalue weighted by Gasteiger charge is 2.31. The summed E-state index contributed by atoms with van der Waals surface area (Å²) in [4.78, 5) is 11.7. The van der Waals surface area contributed by atoms with Crippen LogP contribution in [0.2, 0.25) is 0 Å². The van der Waals surface area contributed by atoms with Crippen molar-refractivity contribution in [3.05, 3.63) is 23.8 Å². The van der Waals surface area contributed by atoms with E-state index in [1.165, 1.54) is 13.2 Å². The maximum atomic E-state index is 12.6. The van der Waals surface area contributed by atoms with E-state index in [9.17, 15) is 18.0 Å². The summed E-state index contributed by atoms with van der Waals surface area (Å²) in [5.41, 5.74) is -0.812. The summed E-state index contributed by atoms with van der Waals surface area (Å²) in [6.45, 7) is 1.01. The molecule has 110 valence electrons. The number of methoxy groups -OCH3 is 1. The van der Waals surface area contributed by atoms with E-state index in [1.54, 1.807) is 0 Å². The minimum Gasteiger partial charge on any atom is -0.495 e. The average Bonchev–Trinajstić information content (AvgIpc) is 2.33. The lowest BCUT2D eigenvalue weighted by atomic mass is 10.0. The van der Waals surface area contributed by atoms with Gasteiger partial charge in [-0.2, -0.15) is 13.2 Å². The van der Waals surface area contributed by atoms with Gasteiger partial charge < -0.3 is 14.8 Å². The van der Waals surface area contributed by atoms with Crippen LogP contribution < -0.4 is 10.1 Å². The third-order valence-electron chi connectivity index (χ3n) is 2.98. The fourth-order valence-corrected chi connectivity index (χ4v) is 1.85.